The predicted octanol–water partition coefficient (Wildman–Crippen LogP) is 3.96. The smallest absolute Gasteiger partial charge is 0.302 e. The molecule has 1 N–H and O–H groups in total. The number of carbonyl (C=O) groups is 1. The maximum absolute atomic E-state index is 14.1. The number of benzene rings is 1. The summed E-state index contributed by atoms with van der Waals surface area (Å²) in [4.78, 5) is 19.2. The molecule has 1 aromatic carbocycles. The van der Waals surface area contributed by atoms with Crippen molar-refractivity contribution in [3.8, 4) is 5.69 Å². The molecule has 134 valence electrons. The molecule has 3 aromatic rings. The second-order valence-corrected chi connectivity index (χ2v) is 6.11. The molecular formula is C17H12F4N4O. The van der Waals surface area contributed by atoms with Crippen LogP contribution >= 0.6 is 0 Å². The molecule has 0 spiro atoms. The highest BCUT2D eigenvalue weighted by Crippen LogP contribution is 2.34. The fraction of sp³-hybridized carbons (Fsp3) is 0.235. The number of pyridine rings is 1. The van der Waals surface area contributed by atoms with E-state index < -0.39 is 23.9 Å². The van der Waals surface area contributed by atoms with Gasteiger partial charge in [0.15, 0.2) is 11.5 Å². The van der Waals surface area contributed by atoms with Gasteiger partial charge < -0.3 is 5.32 Å². The zero-order valence-electron chi connectivity index (χ0n) is 13.4. The minimum atomic E-state index is -3.32. The van der Waals surface area contributed by atoms with Crippen LogP contribution in [0.15, 0.2) is 30.3 Å². The van der Waals surface area contributed by atoms with Gasteiger partial charge in [0.05, 0.1) is 6.42 Å². The van der Waals surface area contributed by atoms with Crippen molar-refractivity contribution in [2.45, 2.75) is 25.7 Å². The first-order valence-electron chi connectivity index (χ1n) is 7.73. The molecule has 1 aliphatic heterocycles. The molecule has 2 aromatic heterocycles. The number of amides is 1. The van der Waals surface area contributed by atoms with Gasteiger partial charge in [0, 0.05) is 18.3 Å². The second kappa shape index (κ2) is 5.52. The van der Waals surface area contributed by atoms with Crippen molar-refractivity contribution in [3.05, 3.63) is 47.4 Å². The van der Waals surface area contributed by atoms with E-state index in [2.05, 4.69) is 15.3 Å². The number of alkyl halides is 4. The molecule has 26 heavy (non-hydrogen) atoms. The van der Waals surface area contributed by atoms with Gasteiger partial charge in [-0.3, -0.25) is 9.36 Å². The summed E-state index contributed by atoms with van der Waals surface area (Å²) < 4.78 is 55.3. The van der Waals surface area contributed by atoms with Crippen LogP contribution in [0.1, 0.15) is 30.4 Å². The minimum Gasteiger partial charge on any atom is -0.326 e. The van der Waals surface area contributed by atoms with Gasteiger partial charge in [-0.1, -0.05) is 0 Å². The summed E-state index contributed by atoms with van der Waals surface area (Å²) in [5.74, 6) is -4.13. The van der Waals surface area contributed by atoms with Gasteiger partial charge in [-0.2, -0.15) is 8.78 Å². The van der Waals surface area contributed by atoms with Crippen LogP contribution in [0.4, 0.5) is 23.2 Å². The van der Waals surface area contributed by atoms with Crippen LogP contribution in [0.3, 0.4) is 0 Å². The van der Waals surface area contributed by atoms with Gasteiger partial charge in [0.1, 0.15) is 11.2 Å². The van der Waals surface area contributed by atoms with E-state index in [0.717, 1.165) is 10.6 Å². The summed E-state index contributed by atoms with van der Waals surface area (Å²) in [5.41, 5.74) is 0.969. The first-order valence-corrected chi connectivity index (χ1v) is 7.73. The molecular weight excluding hydrogens is 352 g/mol. The van der Waals surface area contributed by atoms with Crippen LogP contribution in [0, 0.1) is 0 Å². The molecule has 0 unspecified atom stereocenters. The van der Waals surface area contributed by atoms with Crippen LogP contribution in [0.25, 0.3) is 16.9 Å². The van der Waals surface area contributed by atoms with Gasteiger partial charge in [-0.25, -0.2) is 18.7 Å². The first kappa shape index (κ1) is 16.5. The maximum Gasteiger partial charge on any atom is 0.302 e. The molecule has 5 nitrogen and oxygen atoms in total. The fourth-order valence-corrected chi connectivity index (χ4v) is 2.99. The molecule has 0 radical (unpaired) electrons. The minimum absolute atomic E-state index is 0.0839. The lowest BCUT2D eigenvalue weighted by atomic mass is 10.1. The Morgan fingerprint density at radius 3 is 2.65 bits per heavy atom. The molecule has 1 amide bonds. The van der Waals surface area contributed by atoms with E-state index in [4.69, 9.17) is 0 Å². The van der Waals surface area contributed by atoms with Crippen LogP contribution < -0.4 is 5.32 Å². The third-order valence-electron chi connectivity index (χ3n) is 4.11. The molecule has 3 heterocycles. The number of carbonyl (C=O) groups excluding carboxylic acids is 1. The number of rotatable bonds is 3. The summed E-state index contributed by atoms with van der Waals surface area (Å²) >= 11 is 0. The van der Waals surface area contributed by atoms with Gasteiger partial charge >= 0.3 is 5.92 Å². The summed E-state index contributed by atoms with van der Waals surface area (Å²) in [6, 6.07) is 6.95. The molecule has 1 aliphatic rings. The average Bonchev–Trinajstić information content (AvgIpc) is 3.12. The topological polar surface area (TPSA) is 59.8 Å². The Bertz CT molecular complexity index is 1040. The van der Waals surface area contributed by atoms with Gasteiger partial charge in [-0.05, 0) is 35.9 Å². The lowest BCUT2D eigenvalue weighted by Crippen LogP contribution is -2.15. The Morgan fingerprint density at radius 1 is 1.19 bits per heavy atom. The zero-order valence-corrected chi connectivity index (χ0v) is 13.4. The van der Waals surface area contributed by atoms with Crippen molar-refractivity contribution in [1.29, 1.82) is 0 Å². The number of nitrogens with zero attached hydrogens (tertiary/aromatic N) is 3. The number of hydrogen-bond acceptors (Lipinski definition) is 3. The normalized spacial score (nSPS) is 14.2. The molecule has 4 rings (SSSR count). The predicted molar refractivity (Wildman–Crippen MR) is 85.7 cm³/mol. The summed E-state index contributed by atoms with van der Waals surface area (Å²) in [6.07, 6.45) is -2.72. The molecule has 0 fully saturated rings. The molecule has 0 bridgehead atoms. The fourth-order valence-electron chi connectivity index (χ4n) is 2.99. The Kier molecular flexibility index (Phi) is 3.50. The largest absolute Gasteiger partial charge is 0.326 e. The van der Waals surface area contributed by atoms with Crippen molar-refractivity contribution < 1.29 is 22.4 Å². The quantitative estimate of drug-likeness (QED) is 0.716. The number of nitrogens with one attached hydrogen (secondary N) is 1. The van der Waals surface area contributed by atoms with Gasteiger partial charge in [-0.15, -0.1) is 0 Å². The van der Waals surface area contributed by atoms with Crippen LogP contribution in [0.2, 0.25) is 0 Å². The molecule has 9 heteroatoms. The van der Waals surface area contributed by atoms with Crippen molar-refractivity contribution in [2.24, 2.45) is 0 Å². The number of aromatic nitrogens is 3. The lowest BCUT2D eigenvalue weighted by Gasteiger charge is -2.14. The summed E-state index contributed by atoms with van der Waals surface area (Å²) in [6.45, 7) is 0.678. The van der Waals surface area contributed by atoms with Crippen LogP contribution in [-0.4, -0.2) is 20.4 Å². The lowest BCUT2D eigenvalue weighted by molar-refractivity contribution is -0.115. The Balaban J connectivity index is 1.99. The molecule has 0 saturated carbocycles. The van der Waals surface area contributed by atoms with Gasteiger partial charge in [0.2, 0.25) is 5.91 Å². The summed E-state index contributed by atoms with van der Waals surface area (Å²) in [5, 5.41) is 2.65. The highest BCUT2D eigenvalue weighted by atomic mass is 19.3. The number of fused-ring (bicyclic) bond motifs is 2. The monoisotopic (exact) mass is 364 g/mol. The second-order valence-electron chi connectivity index (χ2n) is 6.11. The van der Waals surface area contributed by atoms with Crippen molar-refractivity contribution >= 4 is 22.8 Å². The average molecular weight is 364 g/mol. The van der Waals surface area contributed by atoms with E-state index in [0.29, 0.717) is 18.2 Å². The number of anilines is 1. The highest BCUT2D eigenvalue weighted by molar-refractivity contribution is 5.99. The summed E-state index contributed by atoms with van der Waals surface area (Å²) in [7, 11) is 0. The zero-order chi connectivity index (χ0) is 18.6. The van der Waals surface area contributed by atoms with Gasteiger partial charge in [0.25, 0.3) is 6.43 Å². The van der Waals surface area contributed by atoms with E-state index >= 15 is 0 Å². The van der Waals surface area contributed by atoms with E-state index in [1.165, 1.54) is 12.1 Å². The SMILES string of the molecule is CC(F)(F)c1nc2ccc(C(F)F)nc2n1-c1ccc2c(c1)CC(=O)N2. The van der Waals surface area contributed by atoms with Crippen molar-refractivity contribution in [2.75, 3.05) is 5.32 Å². The Hall–Kier alpha value is -2.97. The van der Waals surface area contributed by atoms with Crippen molar-refractivity contribution in [3.63, 3.8) is 0 Å². The Labute approximate surface area is 144 Å². The number of halogens is 4. The molecule has 0 saturated heterocycles. The number of hydrogen-bond donors (Lipinski definition) is 1. The van der Waals surface area contributed by atoms with E-state index in [-0.39, 0.29) is 29.2 Å². The number of imidazole rings is 1. The maximum atomic E-state index is 14.1. The van der Waals surface area contributed by atoms with Crippen LogP contribution in [0.5, 0.6) is 0 Å². The molecule has 0 aliphatic carbocycles. The van der Waals surface area contributed by atoms with E-state index in [9.17, 15) is 22.4 Å². The molecule has 0 atom stereocenters. The standard InChI is InChI=1S/C17H12F4N4O/c1-17(20,21)16-24-12-5-4-11(14(18)19)23-15(12)25(16)9-2-3-10-8(6-9)7-13(26)22-10/h2-6,14H,7H2,1H3,(H,22,26). The van der Waals surface area contributed by atoms with E-state index in [1.807, 2.05) is 0 Å². The third-order valence-corrected chi connectivity index (χ3v) is 4.11. The van der Waals surface area contributed by atoms with Crippen LogP contribution in [-0.2, 0) is 17.1 Å². The first-order chi connectivity index (χ1) is 12.2. The third kappa shape index (κ3) is 2.59. The van der Waals surface area contributed by atoms with Crippen molar-refractivity contribution in [1.82, 2.24) is 14.5 Å². The Morgan fingerprint density at radius 2 is 1.96 bits per heavy atom. The highest BCUT2D eigenvalue weighted by Gasteiger charge is 2.33. The van der Waals surface area contributed by atoms with E-state index in [1.54, 1.807) is 12.1 Å².